The first-order valence-electron chi connectivity index (χ1n) is 3.79. The third-order valence-electron chi connectivity index (χ3n) is 1.35. The minimum Gasteiger partial charge on any atom is -0.507 e. The Bertz CT molecular complexity index is 248. The van der Waals surface area contributed by atoms with Crippen LogP contribution >= 0.6 is 11.8 Å². The molecule has 0 bridgehead atoms. The topological polar surface area (TPSA) is 40.5 Å². The fraction of sp³-hybridized carbons (Fsp3) is 0.333. The second kappa shape index (κ2) is 4.38. The quantitative estimate of drug-likeness (QED) is 0.704. The summed E-state index contributed by atoms with van der Waals surface area (Å²) in [6, 6.07) is 7.12. The highest BCUT2D eigenvalue weighted by molar-refractivity contribution is 7.99. The number of hydrogen-bond donors (Lipinski definition) is 2. The number of phenolic OH excluding ortho intramolecular Hbond substituents is 1. The van der Waals surface area contributed by atoms with Crippen LogP contribution in [0.1, 0.15) is 6.92 Å². The first kappa shape index (κ1) is 9.42. The molecule has 0 aromatic heterocycles. The van der Waals surface area contributed by atoms with E-state index in [1.54, 1.807) is 19.1 Å². The van der Waals surface area contributed by atoms with Crippen molar-refractivity contribution in [2.45, 2.75) is 17.9 Å². The minimum atomic E-state index is -0.338. The number of thioether (sulfide) groups is 1. The van der Waals surface area contributed by atoms with Gasteiger partial charge >= 0.3 is 0 Å². The van der Waals surface area contributed by atoms with E-state index in [9.17, 15) is 5.11 Å². The molecular formula is C9H12O2S. The number of benzene rings is 1. The monoisotopic (exact) mass is 184 g/mol. The van der Waals surface area contributed by atoms with E-state index in [1.165, 1.54) is 11.8 Å². The lowest BCUT2D eigenvalue weighted by Crippen LogP contribution is -2.02. The van der Waals surface area contributed by atoms with Gasteiger partial charge in [-0.05, 0) is 19.1 Å². The van der Waals surface area contributed by atoms with Crippen LogP contribution in [0.25, 0.3) is 0 Å². The van der Waals surface area contributed by atoms with Gasteiger partial charge in [-0.15, -0.1) is 11.8 Å². The van der Waals surface area contributed by atoms with E-state index in [2.05, 4.69) is 0 Å². The highest BCUT2D eigenvalue weighted by Gasteiger charge is 2.01. The zero-order valence-corrected chi connectivity index (χ0v) is 7.71. The summed E-state index contributed by atoms with van der Waals surface area (Å²) < 4.78 is 0. The lowest BCUT2D eigenvalue weighted by atomic mass is 10.3. The molecule has 0 aliphatic carbocycles. The summed E-state index contributed by atoms with van der Waals surface area (Å²) in [4.78, 5) is 0.818. The number of phenols is 1. The maximum absolute atomic E-state index is 9.32. The Morgan fingerprint density at radius 1 is 1.42 bits per heavy atom. The molecule has 0 radical (unpaired) electrons. The van der Waals surface area contributed by atoms with Crippen LogP contribution in [-0.2, 0) is 0 Å². The molecule has 2 N–H and O–H groups in total. The van der Waals surface area contributed by atoms with Crippen molar-refractivity contribution in [2.75, 3.05) is 5.75 Å². The zero-order chi connectivity index (χ0) is 8.97. The molecular weight excluding hydrogens is 172 g/mol. The Labute approximate surface area is 76.2 Å². The Kier molecular flexibility index (Phi) is 3.44. The molecule has 66 valence electrons. The van der Waals surface area contributed by atoms with E-state index < -0.39 is 0 Å². The molecule has 0 amide bonds. The van der Waals surface area contributed by atoms with E-state index in [4.69, 9.17) is 5.11 Å². The molecule has 1 atom stereocenters. The Morgan fingerprint density at radius 2 is 2.08 bits per heavy atom. The average molecular weight is 184 g/mol. The first-order valence-corrected chi connectivity index (χ1v) is 4.77. The second-order valence-electron chi connectivity index (χ2n) is 2.63. The zero-order valence-electron chi connectivity index (χ0n) is 6.90. The fourth-order valence-electron chi connectivity index (χ4n) is 0.790. The van der Waals surface area contributed by atoms with Crippen molar-refractivity contribution in [2.24, 2.45) is 0 Å². The van der Waals surface area contributed by atoms with Gasteiger partial charge in [0, 0.05) is 10.6 Å². The van der Waals surface area contributed by atoms with Crippen molar-refractivity contribution in [3.8, 4) is 5.75 Å². The van der Waals surface area contributed by atoms with Gasteiger partial charge < -0.3 is 10.2 Å². The van der Waals surface area contributed by atoms with Crippen LogP contribution in [-0.4, -0.2) is 22.1 Å². The number of aromatic hydroxyl groups is 1. The van der Waals surface area contributed by atoms with Gasteiger partial charge in [-0.2, -0.15) is 0 Å². The molecule has 0 saturated heterocycles. The summed E-state index contributed by atoms with van der Waals surface area (Å²) in [6.45, 7) is 1.73. The molecule has 0 heterocycles. The second-order valence-corrected chi connectivity index (χ2v) is 3.69. The van der Waals surface area contributed by atoms with Crippen LogP contribution in [0.3, 0.4) is 0 Å². The molecule has 1 rings (SSSR count). The third-order valence-corrected chi connectivity index (χ3v) is 2.65. The van der Waals surface area contributed by atoms with Gasteiger partial charge in [-0.3, -0.25) is 0 Å². The van der Waals surface area contributed by atoms with Gasteiger partial charge in [0.25, 0.3) is 0 Å². The fourth-order valence-corrected chi connectivity index (χ4v) is 1.60. The summed E-state index contributed by atoms with van der Waals surface area (Å²) in [6.07, 6.45) is -0.338. The Morgan fingerprint density at radius 3 is 2.67 bits per heavy atom. The predicted octanol–water partition coefficient (Wildman–Crippen LogP) is 1.87. The van der Waals surface area contributed by atoms with Crippen LogP contribution < -0.4 is 0 Å². The van der Waals surface area contributed by atoms with Gasteiger partial charge in [0.05, 0.1) is 6.10 Å². The lowest BCUT2D eigenvalue weighted by molar-refractivity contribution is 0.220. The van der Waals surface area contributed by atoms with Crippen LogP contribution in [0.4, 0.5) is 0 Å². The number of rotatable bonds is 3. The lowest BCUT2D eigenvalue weighted by Gasteiger charge is -2.04. The molecule has 0 fully saturated rings. The van der Waals surface area contributed by atoms with Crippen LogP contribution in [0.2, 0.25) is 0 Å². The van der Waals surface area contributed by atoms with E-state index in [-0.39, 0.29) is 11.9 Å². The predicted molar refractivity (Wildman–Crippen MR) is 50.5 cm³/mol. The van der Waals surface area contributed by atoms with Crippen molar-refractivity contribution in [1.82, 2.24) is 0 Å². The molecule has 0 spiro atoms. The molecule has 0 saturated carbocycles. The molecule has 0 aliphatic rings. The van der Waals surface area contributed by atoms with Crippen molar-refractivity contribution in [3.63, 3.8) is 0 Å². The summed E-state index contributed by atoms with van der Waals surface area (Å²) >= 11 is 1.46. The highest BCUT2D eigenvalue weighted by Crippen LogP contribution is 2.27. The normalized spacial score (nSPS) is 12.8. The summed E-state index contributed by atoms with van der Waals surface area (Å²) in [5.74, 6) is 0.889. The molecule has 1 aromatic carbocycles. The third kappa shape index (κ3) is 2.75. The number of aliphatic hydroxyl groups excluding tert-OH is 1. The van der Waals surface area contributed by atoms with Gasteiger partial charge in [-0.25, -0.2) is 0 Å². The minimum absolute atomic E-state index is 0.281. The molecule has 12 heavy (non-hydrogen) atoms. The molecule has 0 aliphatic heterocycles. The van der Waals surface area contributed by atoms with Crippen molar-refractivity contribution in [3.05, 3.63) is 24.3 Å². The van der Waals surface area contributed by atoms with E-state index in [0.717, 1.165) is 4.90 Å². The average Bonchev–Trinajstić information content (AvgIpc) is 2.03. The van der Waals surface area contributed by atoms with Crippen molar-refractivity contribution in [1.29, 1.82) is 0 Å². The van der Waals surface area contributed by atoms with Gasteiger partial charge in [-0.1, -0.05) is 12.1 Å². The number of para-hydroxylation sites is 1. The SMILES string of the molecule is CC(O)CSc1ccccc1O. The largest absolute Gasteiger partial charge is 0.507 e. The Balaban J connectivity index is 2.57. The standard InChI is InChI=1S/C9H12O2S/c1-7(10)6-12-9-5-3-2-4-8(9)11/h2-5,7,10-11H,6H2,1H3. The van der Waals surface area contributed by atoms with Gasteiger partial charge in [0.1, 0.15) is 5.75 Å². The number of aliphatic hydroxyl groups is 1. The molecule has 2 nitrogen and oxygen atoms in total. The Hall–Kier alpha value is -0.670. The van der Waals surface area contributed by atoms with Crippen molar-refractivity contribution >= 4 is 11.8 Å². The summed E-state index contributed by atoms with van der Waals surface area (Å²) in [5.41, 5.74) is 0. The van der Waals surface area contributed by atoms with E-state index in [1.807, 2.05) is 12.1 Å². The van der Waals surface area contributed by atoms with Gasteiger partial charge in [0.15, 0.2) is 0 Å². The highest BCUT2D eigenvalue weighted by atomic mass is 32.2. The molecule has 1 aromatic rings. The maximum atomic E-state index is 9.32. The summed E-state index contributed by atoms with van der Waals surface area (Å²) in [7, 11) is 0. The van der Waals surface area contributed by atoms with Crippen LogP contribution in [0.5, 0.6) is 5.75 Å². The molecule has 3 heteroatoms. The van der Waals surface area contributed by atoms with Crippen molar-refractivity contribution < 1.29 is 10.2 Å². The summed E-state index contributed by atoms with van der Waals surface area (Å²) in [5, 5.41) is 18.3. The molecule has 1 unspecified atom stereocenters. The van der Waals surface area contributed by atoms with E-state index in [0.29, 0.717) is 5.75 Å². The maximum Gasteiger partial charge on any atom is 0.129 e. The number of hydrogen-bond acceptors (Lipinski definition) is 3. The van der Waals surface area contributed by atoms with Crippen LogP contribution in [0.15, 0.2) is 29.2 Å². The smallest absolute Gasteiger partial charge is 0.129 e. The van der Waals surface area contributed by atoms with E-state index >= 15 is 0 Å². The van der Waals surface area contributed by atoms with Crippen LogP contribution in [0, 0.1) is 0 Å². The van der Waals surface area contributed by atoms with Gasteiger partial charge in [0.2, 0.25) is 0 Å². The first-order chi connectivity index (χ1) is 5.70.